The molecule has 0 N–H and O–H groups in total. The number of ether oxygens (including phenoxy) is 4. The van der Waals surface area contributed by atoms with Crippen molar-refractivity contribution in [1.82, 2.24) is 9.80 Å². The van der Waals surface area contributed by atoms with E-state index in [2.05, 4.69) is 131 Å². The maximum atomic E-state index is 6.59. The summed E-state index contributed by atoms with van der Waals surface area (Å²) >= 11 is 0. The lowest BCUT2D eigenvalue weighted by molar-refractivity contribution is 0.00309. The summed E-state index contributed by atoms with van der Waals surface area (Å²) in [7, 11) is 0. The number of benzene rings is 4. The maximum absolute atomic E-state index is 6.59. The largest absolute Gasteiger partial charge is 0.379 e. The van der Waals surface area contributed by atoms with Crippen LogP contribution in [0.5, 0.6) is 0 Å². The fourth-order valence-corrected chi connectivity index (χ4v) is 8.88. The van der Waals surface area contributed by atoms with Crippen LogP contribution in [0.25, 0.3) is 0 Å². The molecule has 3 fully saturated rings. The Morgan fingerprint density at radius 2 is 0.673 bits per heavy atom. The van der Waals surface area contributed by atoms with Crippen molar-refractivity contribution in [3.63, 3.8) is 0 Å². The van der Waals surface area contributed by atoms with Crippen molar-refractivity contribution >= 4 is 0 Å². The molecule has 3 aliphatic rings. The molecule has 0 spiro atoms. The lowest BCUT2D eigenvalue weighted by Gasteiger charge is -2.26. The Bertz CT molecular complexity index is 1330. The van der Waals surface area contributed by atoms with Crippen LogP contribution in [-0.4, -0.2) is 101 Å². The minimum absolute atomic E-state index is 0.273. The lowest BCUT2D eigenvalue weighted by Crippen LogP contribution is -2.38. The summed E-state index contributed by atoms with van der Waals surface area (Å²) in [4.78, 5) is 4.89. The van der Waals surface area contributed by atoms with E-state index in [0.717, 1.165) is 105 Å². The third-order valence-electron chi connectivity index (χ3n) is 11.7. The summed E-state index contributed by atoms with van der Waals surface area (Å²) < 4.78 is 25.5. The molecule has 0 aromatic heterocycles. The number of rotatable bonds is 12. The first-order valence-electron chi connectivity index (χ1n) is 19.8. The van der Waals surface area contributed by atoms with E-state index in [4.69, 9.17) is 18.9 Å². The predicted octanol–water partition coefficient (Wildman–Crippen LogP) is 8.13. The maximum Gasteiger partial charge on any atom is 0.0597 e. The molecule has 1 saturated heterocycles. The van der Waals surface area contributed by atoms with Gasteiger partial charge in [0.25, 0.3) is 0 Å². The standard InChI is InChI=1S/C46H58N2O4/c1-5-13-37(14-6-1)43-33-41(34-44(43)38-15-7-2-8-16-38)51-31-25-47-21-27-49-29-23-48(24-30-50-28-22-47)26-32-52-42-35-45(39-17-9-3-10-18-39)46(36-42)40-19-11-4-12-20-40/h1-20,41-46H,21-36H2/t43-,44-,45-,46-/m0/s1. The fraction of sp³-hybridized carbons (Fsp3) is 0.478. The van der Waals surface area contributed by atoms with Gasteiger partial charge in [0.15, 0.2) is 0 Å². The molecule has 0 amide bonds. The van der Waals surface area contributed by atoms with E-state index < -0.39 is 0 Å². The van der Waals surface area contributed by atoms with Crippen molar-refractivity contribution < 1.29 is 18.9 Å². The Hall–Kier alpha value is -3.36. The monoisotopic (exact) mass is 702 g/mol. The van der Waals surface area contributed by atoms with Gasteiger partial charge in [0.2, 0.25) is 0 Å². The van der Waals surface area contributed by atoms with Gasteiger partial charge < -0.3 is 18.9 Å². The molecule has 276 valence electrons. The summed E-state index contributed by atoms with van der Waals surface area (Å²) in [5.41, 5.74) is 5.70. The molecule has 0 bridgehead atoms. The molecule has 6 heteroatoms. The highest BCUT2D eigenvalue weighted by molar-refractivity contribution is 5.32. The van der Waals surface area contributed by atoms with Gasteiger partial charge >= 0.3 is 0 Å². The van der Waals surface area contributed by atoms with Gasteiger partial charge in [-0.05, 0) is 71.6 Å². The molecule has 4 aromatic carbocycles. The molecule has 0 radical (unpaired) electrons. The van der Waals surface area contributed by atoms with Crippen molar-refractivity contribution in [2.24, 2.45) is 0 Å². The lowest BCUT2D eigenvalue weighted by atomic mass is 9.84. The topological polar surface area (TPSA) is 43.4 Å². The SMILES string of the molecule is c1ccc([C@@H]2CC(OCCN3CCOCCN(CCOC4C[C@@H](c5ccccc5)[C@H](c5ccccc5)C4)CCOCC3)C[C@H]2c2ccccc2)cc1. The first kappa shape index (κ1) is 37.0. The van der Waals surface area contributed by atoms with E-state index in [0.29, 0.717) is 23.7 Å². The van der Waals surface area contributed by atoms with Gasteiger partial charge in [0.05, 0.1) is 51.8 Å². The quantitative estimate of drug-likeness (QED) is 0.149. The second kappa shape index (κ2) is 19.6. The minimum atomic E-state index is 0.273. The summed E-state index contributed by atoms with van der Waals surface area (Å²) in [5.74, 6) is 1.96. The third kappa shape index (κ3) is 10.4. The summed E-state index contributed by atoms with van der Waals surface area (Å²) in [5, 5.41) is 0. The van der Waals surface area contributed by atoms with E-state index in [-0.39, 0.29) is 12.2 Å². The van der Waals surface area contributed by atoms with Crippen LogP contribution >= 0.6 is 0 Å². The molecule has 1 heterocycles. The predicted molar refractivity (Wildman–Crippen MR) is 209 cm³/mol. The van der Waals surface area contributed by atoms with Crippen LogP contribution < -0.4 is 0 Å². The molecule has 7 rings (SSSR count). The molecule has 2 saturated carbocycles. The van der Waals surface area contributed by atoms with E-state index in [9.17, 15) is 0 Å². The van der Waals surface area contributed by atoms with Crippen LogP contribution in [0, 0.1) is 0 Å². The molecule has 2 aliphatic carbocycles. The van der Waals surface area contributed by atoms with Gasteiger partial charge in [0, 0.05) is 39.3 Å². The van der Waals surface area contributed by atoms with Gasteiger partial charge in [-0.1, -0.05) is 121 Å². The van der Waals surface area contributed by atoms with E-state index >= 15 is 0 Å². The molecule has 1 aliphatic heterocycles. The Labute approximate surface area is 312 Å². The molecular formula is C46H58N2O4. The van der Waals surface area contributed by atoms with Crippen molar-refractivity contribution in [2.45, 2.75) is 61.6 Å². The summed E-state index contributed by atoms with van der Waals surface area (Å²) in [6.45, 7) is 9.76. The first-order chi connectivity index (χ1) is 25.8. The van der Waals surface area contributed by atoms with Crippen molar-refractivity contribution in [2.75, 3.05) is 78.9 Å². The highest BCUT2D eigenvalue weighted by atomic mass is 16.5. The van der Waals surface area contributed by atoms with E-state index in [1.165, 1.54) is 22.3 Å². The zero-order chi connectivity index (χ0) is 35.2. The number of hydrogen-bond acceptors (Lipinski definition) is 6. The van der Waals surface area contributed by atoms with Crippen LogP contribution in [0.3, 0.4) is 0 Å². The van der Waals surface area contributed by atoms with Crippen LogP contribution in [-0.2, 0) is 18.9 Å². The molecule has 4 atom stereocenters. The van der Waals surface area contributed by atoms with E-state index in [1.54, 1.807) is 0 Å². The summed E-state index contributed by atoms with van der Waals surface area (Å²) in [6, 6.07) is 44.0. The normalized spacial score (nSPS) is 24.8. The molecular weight excluding hydrogens is 645 g/mol. The highest BCUT2D eigenvalue weighted by Gasteiger charge is 2.37. The van der Waals surface area contributed by atoms with Crippen molar-refractivity contribution in [1.29, 1.82) is 0 Å². The van der Waals surface area contributed by atoms with Crippen LogP contribution in [0.4, 0.5) is 0 Å². The molecule has 52 heavy (non-hydrogen) atoms. The van der Waals surface area contributed by atoms with Crippen LogP contribution in [0.2, 0.25) is 0 Å². The molecule has 4 aromatic rings. The Morgan fingerprint density at radius 1 is 0.404 bits per heavy atom. The van der Waals surface area contributed by atoms with Crippen LogP contribution in [0.15, 0.2) is 121 Å². The van der Waals surface area contributed by atoms with Gasteiger partial charge in [0.1, 0.15) is 0 Å². The van der Waals surface area contributed by atoms with Gasteiger partial charge in [-0.3, -0.25) is 9.80 Å². The average molecular weight is 703 g/mol. The van der Waals surface area contributed by atoms with Crippen molar-refractivity contribution in [3.05, 3.63) is 144 Å². The second-order valence-corrected chi connectivity index (χ2v) is 14.9. The van der Waals surface area contributed by atoms with Crippen molar-refractivity contribution in [3.8, 4) is 0 Å². The zero-order valence-electron chi connectivity index (χ0n) is 30.9. The third-order valence-corrected chi connectivity index (χ3v) is 11.7. The Morgan fingerprint density at radius 3 is 0.942 bits per heavy atom. The van der Waals surface area contributed by atoms with E-state index in [1.807, 2.05) is 0 Å². The fourth-order valence-electron chi connectivity index (χ4n) is 8.88. The number of nitrogens with zero attached hydrogens (tertiary/aromatic N) is 2. The zero-order valence-corrected chi connectivity index (χ0v) is 30.9. The minimum Gasteiger partial charge on any atom is -0.379 e. The Balaban J connectivity index is 0.826. The molecule has 0 unspecified atom stereocenters. The van der Waals surface area contributed by atoms with Crippen LogP contribution in [0.1, 0.15) is 71.6 Å². The van der Waals surface area contributed by atoms with Gasteiger partial charge in [-0.25, -0.2) is 0 Å². The van der Waals surface area contributed by atoms with Gasteiger partial charge in [-0.15, -0.1) is 0 Å². The Kier molecular flexibility index (Phi) is 14.0. The molecule has 6 nitrogen and oxygen atoms in total. The highest BCUT2D eigenvalue weighted by Crippen LogP contribution is 2.48. The second-order valence-electron chi connectivity index (χ2n) is 14.9. The average Bonchev–Trinajstić information content (AvgIpc) is 3.83. The summed E-state index contributed by atoms with van der Waals surface area (Å²) in [6.07, 6.45) is 4.82. The first-order valence-corrected chi connectivity index (χ1v) is 19.8. The number of hydrogen-bond donors (Lipinski definition) is 0. The smallest absolute Gasteiger partial charge is 0.0597 e. The van der Waals surface area contributed by atoms with Gasteiger partial charge in [-0.2, -0.15) is 0 Å².